The Balaban J connectivity index is 1.78. The zero-order valence-electron chi connectivity index (χ0n) is 17.3. The van der Waals surface area contributed by atoms with Crippen LogP contribution in [0.5, 0.6) is 5.75 Å². The molecule has 2 aromatic carbocycles. The highest BCUT2D eigenvalue weighted by Gasteiger charge is 2.25. The van der Waals surface area contributed by atoms with Gasteiger partial charge in [0.2, 0.25) is 0 Å². The standard InChI is InChI=1S/C22H27N3O4/c1-5-10-23-21(26)13-25(3)14(2)22(27)24-17-12-19-16(11-20(17)28-4)15-8-6-7-9-18(15)29-19/h6-9,11-12,14H,5,10,13H2,1-4H3,(H,23,26)(H,24,27)/p+1/t14-/m0/s1. The number of para-hydroxylation sites is 1. The summed E-state index contributed by atoms with van der Waals surface area (Å²) in [6.45, 7) is 4.67. The third-order valence-corrected chi connectivity index (χ3v) is 5.10. The van der Waals surface area contributed by atoms with Crippen LogP contribution in [0.4, 0.5) is 5.69 Å². The zero-order chi connectivity index (χ0) is 21.0. The van der Waals surface area contributed by atoms with Gasteiger partial charge in [-0.05, 0) is 25.5 Å². The van der Waals surface area contributed by atoms with Crippen molar-refractivity contribution in [3.8, 4) is 5.75 Å². The number of hydrogen-bond acceptors (Lipinski definition) is 4. The number of carbonyl (C=O) groups excluding carboxylic acids is 2. The molecule has 0 aliphatic heterocycles. The number of fused-ring (bicyclic) bond motifs is 3. The van der Waals surface area contributed by atoms with Gasteiger partial charge in [-0.15, -0.1) is 0 Å². The molecule has 29 heavy (non-hydrogen) atoms. The highest BCUT2D eigenvalue weighted by atomic mass is 16.5. The van der Waals surface area contributed by atoms with Crippen molar-refractivity contribution in [2.75, 3.05) is 32.6 Å². The van der Waals surface area contributed by atoms with Crippen LogP contribution in [0.2, 0.25) is 0 Å². The number of anilines is 1. The van der Waals surface area contributed by atoms with Crippen molar-refractivity contribution in [1.82, 2.24) is 5.32 Å². The van der Waals surface area contributed by atoms with Crippen molar-refractivity contribution in [2.24, 2.45) is 0 Å². The Hall–Kier alpha value is -3.06. The molecular weight excluding hydrogens is 370 g/mol. The van der Waals surface area contributed by atoms with E-state index in [4.69, 9.17) is 9.15 Å². The minimum absolute atomic E-state index is 0.0646. The molecule has 1 heterocycles. The first-order valence-electron chi connectivity index (χ1n) is 9.83. The molecule has 0 spiro atoms. The Kier molecular flexibility index (Phi) is 6.39. The molecule has 0 saturated heterocycles. The molecule has 2 amide bonds. The molecule has 2 atom stereocenters. The first-order valence-corrected chi connectivity index (χ1v) is 9.83. The molecule has 0 aliphatic rings. The largest absolute Gasteiger partial charge is 0.495 e. The number of likely N-dealkylation sites (N-methyl/N-ethyl adjacent to an activating group) is 1. The average molecular weight is 398 g/mol. The molecular formula is C22H28N3O4+. The zero-order valence-corrected chi connectivity index (χ0v) is 17.3. The van der Waals surface area contributed by atoms with E-state index < -0.39 is 6.04 Å². The van der Waals surface area contributed by atoms with Gasteiger partial charge in [0.25, 0.3) is 11.8 Å². The molecule has 7 nitrogen and oxygen atoms in total. The Morgan fingerprint density at radius 3 is 2.66 bits per heavy atom. The van der Waals surface area contributed by atoms with Crippen molar-refractivity contribution in [3.05, 3.63) is 36.4 Å². The number of rotatable bonds is 8. The molecule has 7 heteroatoms. The Labute approximate surface area is 170 Å². The number of amides is 2. The van der Waals surface area contributed by atoms with Crippen molar-refractivity contribution in [2.45, 2.75) is 26.3 Å². The fraction of sp³-hybridized carbons (Fsp3) is 0.364. The lowest BCUT2D eigenvalue weighted by atomic mass is 10.1. The second kappa shape index (κ2) is 8.96. The molecule has 3 rings (SSSR count). The minimum Gasteiger partial charge on any atom is -0.495 e. The first kappa shape index (κ1) is 20.7. The highest BCUT2D eigenvalue weighted by molar-refractivity contribution is 6.08. The number of quaternary nitrogens is 1. The summed E-state index contributed by atoms with van der Waals surface area (Å²) in [7, 11) is 3.40. The van der Waals surface area contributed by atoms with E-state index in [1.54, 1.807) is 20.1 Å². The smallest absolute Gasteiger partial charge is 0.282 e. The summed E-state index contributed by atoms with van der Waals surface area (Å²) in [5.74, 6) is 0.299. The second-order valence-electron chi connectivity index (χ2n) is 7.23. The molecule has 0 fully saturated rings. The van der Waals surface area contributed by atoms with Gasteiger partial charge in [-0.25, -0.2) is 0 Å². The van der Waals surface area contributed by atoms with Gasteiger partial charge in [-0.1, -0.05) is 25.1 Å². The van der Waals surface area contributed by atoms with E-state index in [1.807, 2.05) is 44.3 Å². The molecule has 3 N–H and O–H groups in total. The number of nitrogens with one attached hydrogen (secondary N) is 3. The second-order valence-corrected chi connectivity index (χ2v) is 7.23. The van der Waals surface area contributed by atoms with Gasteiger partial charge in [0.15, 0.2) is 12.6 Å². The molecule has 0 aliphatic carbocycles. The summed E-state index contributed by atoms with van der Waals surface area (Å²) in [4.78, 5) is 25.5. The van der Waals surface area contributed by atoms with Crippen LogP contribution >= 0.6 is 0 Å². The van der Waals surface area contributed by atoms with Crippen molar-refractivity contribution in [3.63, 3.8) is 0 Å². The van der Waals surface area contributed by atoms with Crippen LogP contribution < -0.4 is 20.3 Å². The maximum Gasteiger partial charge on any atom is 0.282 e. The summed E-state index contributed by atoms with van der Waals surface area (Å²) >= 11 is 0. The maximum absolute atomic E-state index is 12.8. The van der Waals surface area contributed by atoms with E-state index in [-0.39, 0.29) is 18.4 Å². The summed E-state index contributed by atoms with van der Waals surface area (Å²) in [6.07, 6.45) is 0.880. The normalized spacial score (nSPS) is 13.2. The summed E-state index contributed by atoms with van der Waals surface area (Å²) < 4.78 is 11.4. The fourth-order valence-electron chi connectivity index (χ4n) is 3.22. The number of hydrogen-bond donors (Lipinski definition) is 3. The topological polar surface area (TPSA) is 85.0 Å². The van der Waals surface area contributed by atoms with Crippen LogP contribution in [-0.4, -0.2) is 45.1 Å². The monoisotopic (exact) mass is 398 g/mol. The third-order valence-electron chi connectivity index (χ3n) is 5.10. The number of carbonyl (C=O) groups is 2. The Morgan fingerprint density at radius 2 is 1.93 bits per heavy atom. The lowest BCUT2D eigenvalue weighted by Gasteiger charge is -2.21. The van der Waals surface area contributed by atoms with Crippen molar-refractivity contribution in [1.29, 1.82) is 0 Å². The van der Waals surface area contributed by atoms with E-state index >= 15 is 0 Å². The number of benzene rings is 2. The molecule has 0 bridgehead atoms. The number of methoxy groups -OCH3 is 1. The predicted octanol–water partition coefficient (Wildman–Crippen LogP) is 1.96. The van der Waals surface area contributed by atoms with Crippen LogP contribution in [0.3, 0.4) is 0 Å². The van der Waals surface area contributed by atoms with Crippen LogP contribution in [0, 0.1) is 0 Å². The van der Waals surface area contributed by atoms with Crippen LogP contribution in [0.1, 0.15) is 20.3 Å². The van der Waals surface area contributed by atoms with Gasteiger partial charge < -0.3 is 24.7 Å². The molecule has 0 radical (unpaired) electrons. The number of ether oxygens (including phenoxy) is 1. The summed E-state index contributed by atoms with van der Waals surface area (Å²) in [6, 6.07) is 11.0. The first-order chi connectivity index (χ1) is 13.9. The summed E-state index contributed by atoms with van der Waals surface area (Å²) in [5.41, 5.74) is 2.00. The average Bonchev–Trinajstić information content (AvgIpc) is 3.08. The minimum atomic E-state index is -0.418. The summed E-state index contributed by atoms with van der Waals surface area (Å²) in [5, 5.41) is 7.68. The Morgan fingerprint density at radius 1 is 1.17 bits per heavy atom. The fourth-order valence-corrected chi connectivity index (χ4v) is 3.22. The Bertz CT molecular complexity index is 1030. The van der Waals surface area contributed by atoms with Crippen LogP contribution in [0.25, 0.3) is 21.9 Å². The molecule has 1 unspecified atom stereocenters. The van der Waals surface area contributed by atoms with Crippen molar-refractivity contribution >= 4 is 39.4 Å². The van der Waals surface area contributed by atoms with Crippen LogP contribution in [-0.2, 0) is 9.59 Å². The molecule has 154 valence electrons. The van der Waals surface area contributed by atoms with E-state index in [2.05, 4.69) is 10.6 Å². The van der Waals surface area contributed by atoms with Crippen molar-refractivity contribution < 1.29 is 23.6 Å². The van der Waals surface area contributed by atoms with Crippen LogP contribution in [0.15, 0.2) is 40.8 Å². The van der Waals surface area contributed by atoms with Gasteiger partial charge in [0.05, 0.1) is 19.8 Å². The number of furan rings is 1. The van der Waals surface area contributed by atoms with Gasteiger partial charge in [-0.2, -0.15) is 0 Å². The van der Waals surface area contributed by atoms with Gasteiger partial charge in [-0.3, -0.25) is 9.59 Å². The SMILES string of the molecule is CCCNC(=O)C[NH+](C)[C@@H](C)C(=O)Nc1cc2oc3ccccc3c2cc1OC. The van der Waals surface area contributed by atoms with Gasteiger partial charge >= 0.3 is 0 Å². The lowest BCUT2D eigenvalue weighted by Crippen LogP contribution is -3.15. The van der Waals surface area contributed by atoms with E-state index in [0.29, 0.717) is 23.6 Å². The third kappa shape index (κ3) is 4.51. The molecule has 3 aromatic rings. The predicted molar refractivity (Wildman–Crippen MR) is 113 cm³/mol. The van der Waals surface area contributed by atoms with Gasteiger partial charge in [0.1, 0.15) is 16.9 Å². The maximum atomic E-state index is 12.8. The molecule has 1 aromatic heterocycles. The quantitative estimate of drug-likeness (QED) is 0.542. The highest BCUT2D eigenvalue weighted by Crippen LogP contribution is 2.36. The van der Waals surface area contributed by atoms with E-state index in [0.717, 1.165) is 27.7 Å². The lowest BCUT2D eigenvalue weighted by molar-refractivity contribution is -0.885. The van der Waals surface area contributed by atoms with E-state index in [1.165, 1.54) is 0 Å². The van der Waals surface area contributed by atoms with Gasteiger partial charge in [0, 0.05) is 23.4 Å². The van der Waals surface area contributed by atoms with E-state index in [9.17, 15) is 9.59 Å². The molecule has 0 saturated carbocycles.